The van der Waals surface area contributed by atoms with Crippen LogP contribution in [0.25, 0.3) is 0 Å². The first kappa shape index (κ1) is 16.3. The van der Waals surface area contributed by atoms with Gasteiger partial charge in [0, 0.05) is 39.6 Å². The lowest BCUT2D eigenvalue weighted by molar-refractivity contribution is 0.0666. The van der Waals surface area contributed by atoms with E-state index in [1.54, 1.807) is 12.4 Å². The molecule has 126 valence electrons. The van der Waals surface area contributed by atoms with Crippen molar-refractivity contribution in [3.05, 3.63) is 42.1 Å². The summed E-state index contributed by atoms with van der Waals surface area (Å²) >= 11 is 0. The molecule has 1 atom stereocenters. The number of carbonyl (C=O) groups is 1. The number of nitrogens with zero attached hydrogens (tertiary/aromatic N) is 6. The van der Waals surface area contributed by atoms with Crippen LogP contribution in [0.1, 0.15) is 29.0 Å². The molecule has 0 aliphatic carbocycles. The number of anilines is 1. The van der Waals surface area contributed by atoms with Crippen LogP contribution in [-0.2, 0) is 6.42 Å². The van der Waals surface area contributed by atoms with Crippen molar-refractivity contribution in [2.75, 3.05) is 32.1 Å². The Morgan fingerprint density at radius 1 is 1.29 bits per heavy atom. The molecule has 0 bridgehead atoms. The summed E-state index contributed by atoms with van der Waals surface area (Å²) in [5.74, 6) is 1.21. The monoisotopic (exact) mass is 326 g/mol. The summed E-state index contributed by atoms with van der Waals surface area (Å²) in [5.41, 5.74) is 1.38. The molecular formula is C17H22N6O. The van der Waals surface area contributed by atoms with Crippen molar-refractivity contribution >= 4 is 11.7 Å². The van der Waals surface area contributed by atoms with Crippen molar-refractivity contribution in [1.82, 2.24) is 25.1 Å². The van der Waals surface area contributed by atoms with Crippen LogP contribution in [0.2, 0.25) is 0 Å². The van der Waals surface area contributed by atoms with Crippen LogP contribution >= 0.6 is 0 Å². The van der Waals surface area contributed by atoms with Crippen molar-refractivity contribution in [3.8, 4) is 0 Å². The zero-order valence-corrected chi connectivity index (χ0v) is 14.1. The molecule has 1 fully saturated rings. The number of amides is 1. The molecule has 0 aromatic carbocycles. The van der Waals surface area contributed by atoms with Gasteiger partial charge in [-0.15, -0.1) is 5.10 Å². The molecule has 1 saturated heterocycles. The summed E-state index contributed by atoms with van der Waals surface area (Å²) in [7, 11) is 3.89. The van der Waals surface area contributed by atoms with Gasteiger partial charge in [-0.25, -0.2) is 4.98 Å². The number of aromatic nitrogens is 4. The number of hydrogen-bond donors (Lipinski definition) is 0. The topological polar surface area (TPSA) is 75.1 Å². The number of carbonyl (C=O) groups excluding carboxylic acids is 1. The Morgan fingerprint density at radius 2 is 2.17 bits per heavy atom. The average Bonchev–Trinajstić information content (AvgIpc) is 2.62. The van der Waals surface area contributed by atoms with Crippen LogP contribution in [0.3, 0.4) is 0 Å². The molecule has 0 saturated carbocycles. The van der Waals surface area contributed by atoms with E-state index in [0.29, 0.717) is 11.6 Å². The number of piperidine rings is 1. The SMILES string of the molecule is CN(C)c1ccc(C[C@H]2CCCN(C(=O)c3cnccn3)C2)nn1. The van der Waals surface area contributed by atoms with E-state index in [0.717, 1.165) is 43.9 Å². The van der Waals surface area contributed by atoms with Gasteiger partial charge in [0.15, 0.2) is 5.82 Å². The van der Waals surface area contributed by atoms with E-state index in [9.17, 15) is 4.79 Å². The van der Waals surface area contributed by atoms with Gasteiger partial charge in [-0.05, 0) is 37.3 Å². The van der Waals surface area contributed by atoms with Crippen LogP contribution in [0.15, 0.2) is 30.7 Å². The normalized spacial score (nSPS) is 17.6. The molecule has 1 aliphatic heterocycles. The summed E-state index contributed by atoms with van der Waals surface area (Å²) in [6, 6.07) is 4.00. The number of rotatable bonds is 4. The fourth-order valence-corrected chi connectivity index (χ4v) is 2.98. The van der Waals surface area contributed by atoms with Gasteiger partial charge in [0.25, 0.3) is 5.91 Å². The highest BCUT2D eigenvalue weighted by molar-refractivity contribution is 5.92. The fourth-order valence-electron chi connectivity index (χ4n) is 2.98. The van der Waals surface area contributed by atoms with E-state index in [4.69, 9.17) is 0 Å². The number of hydrogen-bond acceptors (Lipinski definition) is 6. The van der Waals surface area contributed by atoms with Gasteiger partial charge < -0.3 is 9.80 Å². The maximum Gasteiger partial charge on any atom is 0.274 e. The fraction of sp³-hybridized carbons (Fsp3) is 0.471. The molecular weight excluding hydrogens is 304 g/mol. The van der Waals surface area contributed by atoms with E-state index in [1.807, 2.05) is 36.0 Å². The Balaban J connectivity index is 1.62. The van der Waals surface area contributed by atoms with Crippen LogP contribution in [-0.4, -0.2) is 58.2 Å². The minimum atomic E-state index is -0.0400. The summed E-state index contributed by atoms with van der Waals surface area (Å²) in [4.78, 5) is 24.4. The van der Waals surface area contributed by atoms with Crippen molar-refractivity contribution in [1.29, 1.82) is 0 Å². The second-order valence-electron chi connectivity index (χ2n) is 6.33. The molecule has 1 amide bonds. The zero-order chi connectivity index (χ0) is 16.9. The van der Waals surface area contributed by atoms with Crippen LogP contribution in [0.4, 0.5) is 5.82 Å². The van der Waals surface area contributed by atoms with Crippen LogP contribution in [0.5, 0.6) is 0 Å². The lowest BCUT2D eigenvalue weighted by Crippen LogP contribution is -2.41. The Bertz CT molecular complexity index is 673. The molecule has 24 heavy (non-hydrogen) atoms. The third-order valence-electron chi connectivity index (χ3n) is 4.25. The highest BCUT2D eigenvalue weighted by Crippen LogP contribution is 2.21. The first-order chi connectivity index (χ1) is 11.6. The predicted molar refractivity (Wildman–Crippen MR) is 90.7 cm³/mol. The predicted octanol–water partition coefficient (Wildman–Crippen LogP) is 1.43. The lowest BCUT2D eigenvalue weighted by atomic mass is 9.93. The molecule has 7 nitrogen and oxygen atoms in total. The standard InChI is InChI=1S/C17H22N6O/c1-22(2)16-6-5-14(20-21-16)10-13-4-3-9-23(12-13)17(24)15-11-18-7-8-19-15/h5-8,11,13H,3-4,9-10,12H2,1-2H3/t13-/m1/s1. The summed E-state index contributed by atoms with van der Waals surface area (Å²) < 4.78 is 0. The molecule has 3 heterocycles. The third kappa shape index (κ3) is 3.84. The molecule has 0 radical (unpaired) electrons. The Hall–Kier alpha value is -2.57. The first-order valence-electron chi connectivity index (χ1n) is 8.18. The largest absolute Gasteiger partial charge is 0.361 e. The van der Waals surface area contributed by atoms with Crippen molar-refractivity contribution in [2.24, 2.45) is 5.92 Å². The highest BCUT2D eigenvalue weighted by Gasteiger charge is 2.25. The molecule has 3 rings (SSSR count). The smallest absolute Gasteiger partial charge is 0.274 e. The van der Waals surface area contributed by atoms with Gasteiger partial charge in [0.1, 0.15) is 5.69 Å². The van der Waals surface area contributed by atoms with Gasteiger partial charge in [0.2, 0.25) is 0 Å². The summed E-state index contributed by atoms with van der Waals surface area (Å²) in [5, 5.41) is 8.53. The molecule has 2 aromatic rings. The average molecular weight is 326 g/mol. The Kier molecular flexibility index (Phi) is 4.98. The van der Waals surface area contributed by atoms with Gasteiger partial charge >= 0.3 is 0 Å². The second kappa shape index (κ2) is 7.33. The Labute approximate surface area is 141 Å². The quantitative estimate of drug-likeness (QED) is 0.846. The zero-order valence-electron chi connectivity index (χ0n) is 14.1. The molecule has 0 N–H and O–H groups in total. The first-order valence-corrected chi connectivity index (χ1v) is 8.18. The van der Waals surface area contributed by atoms with Crippen molar-refractivity contribution < 1.29 is 4.79 Å². The maximum atomic E-state index is 12.5. The van der Waals surface area contributed by atoms with E-state index < -0.39 is 0 Å². The van der Waals surface area contributed by atoms with Crippen molar-refractivity contribution in [3.63, 3.8) is 0 Å². The molecule has 0 spiro atoms. The molecule has 0 unspecified atom stereocenters. The summed E-state index contributed by atoms with van der Waals surface area (Å²) in [6.07, 6.45) is 7.59. The second-order valence-corrected chi connectivity index (χ2v) is 6.33. The van der Waals surface area contributed by atoms with Crippen LogP contribution < -0.4 is 4.90 Å². The lowest BCUT2D eigenvalue weighted by Gasteiger charge is -2.32. The van der Waals surface area contributed by atoms with E-state index in [1.165, 1.54) is 6.20 Å². The minimum absolute atomic E-state index is 0.0400. The van der Waals surface area contributed by atoms with Gasteiger partial charge in [-0.2, -0.15) is 5.10 Å². The third-order valence-corrected chi connectivity index (χ3v) is 4.25. The van der Waals surface area contributed by atoms with Crippen LogP contribution in [0, 0.1) is 5.92 Å². The molecule has 2 aromatic heterocycles. The number of likely N-dealkylation sites (tertiary alicyclic amines) is 1. The maximum absolute atomic E-state index is 12.5. The van der Waals surface area contributed by atoms with E-state index >= 15 is 0 Å². The van der Waals surface area contributed by atoms with Gasteiger partial charge in [0.05, 0.1) is 11.9 Å². The van der Waals surface area contributed by atoms with Gasteiger partial charge in [-0.1, -0.05) is 0 Å². The van der Waals surface area contributed by atoms with E-state index in [2.05, 4.69) is 20.2 Å². The highest BCUT2D eigenvalue weighted by atomic mass is 16.2. The molecule has 7 heteroatoms. The van der Waals surface area contributed by atoms with Gasteiger partial charge in [-0.3, -0.25) is 9.78 Å². The summed E-state index contributed by atoms with van der Waals surface area (Å²) in [6.45, 7) is 1.50. The Morgan fingerprint density at radius 3 is 2.83 bits per heavy atom. The molecule has 1 aliphatic rings. The minimum Gasteiger partial charge on any atom is -0.361 e. The van der Waals surface area contributed by atoms with Crippen molar-refractivity contribution in [2.45, 2.75) is 19.3 Å². The van der Waals surface area contributed by atoms with E-state index in [-0.39, 0.29) is 5.91 Å².